The second kappa shape index (κ2) is 5.28. The van der Waals surface area contributed by atoms with Crippen molar-refractivity contribution in [3.63, 3.8) is 0 Å². The van der Waals surface area contributed by atoms with E-state index in [0.29, 0.717) is 13.0 Å². The van der Waals surface area contributed by atoms with Crippen LogP contribution in [0.15, 0.2) is 11.6 Å². The first-order valence-electron chi connectivity index (χ1n) is 5.82. The first-order valence-corrected chi connectivity index (χ1v) is 5.82. The van der Waals surface area contributed by atoms with Gasteiger partial charge in [0.05, 0.1) is 13.0 Å². The van der Waals surface area contributed by atoms with Gasteiger partial charge in [0.2, 0.25) is 0 Å². The van der Waals surface area contributed by atoms with E-state index in [9.17, 15) is 9.59 Å². The van der Waals surface area contributed by atoms with Crippen molar-refractivity contribution in [3.05, 3.63) is 11.6 Å². The predicted molar refractivity (Wildman–Crippen MR) is 61.9 cm³/mol. The number of rotatable bonds is 4. The third-order valence-corrected chi connectivity index (χ3v) is 3.33. The van der Waals surface area contributed by atoms with Crippen LogP contribution in [-0.4, -0.2) is 18.9 Å². The second-order valence-corrected chi connectivity index (χ2v) is 4.91. The largest absolute Gasteiger partial charge is 0.466 e. The number of carbonyl (C=O) groups is 2. The smallest absolute Gasteiger partial charge is 0.306 e. The van der Waals surface area contributed by atoms with Crippen molar-refractivity contribution < 1.29 is 14.3 Å². The van der Waals surface area contributed by atoms with Gasteiger partial charge in [-0.05, 0) is 30.8 Å². The number of carbonyl (C=O) groups excluding carboxylic acids is 2. The van der Waals surface area contributed by atoms with Crippen molar-refractivity contribution in [1.82, 2.24) is 0 Å². The van der Waals surface area contributed by atoms with Gasteiger partial charge in [-0.2, -0.15) is 0 Å². The van der Waals surface area contributed by atoms with Gasteiger partial charge in [-0.25, -0.2) is 0 Å². The van der Waals surface area contributed by atoms with Gasteiger partial charge >= 0.3 is 5.97 Å². The van der Waals surface area contributed by atoms with Crippen LogP contribution in [0.1, 0.15) is 40.0 Å². The Morgan fingerprint density at radius 3 is 2.88 bits per heavy atom. The van der Waals surface area contributed by atoms with Crippen LogP contribution in [0.2, 0.25) is 0 Å². The molecule has 0 fully saturated rings. The highest BCUT2D eigenvalue weighted by molar-refractivity contribution is 5.78. The lowest BCUT2D eigenvalue weighted by Gasteiger charge is -2.37. The normalized spacial score (nSPS) is 23.4. The molecule has 1 rings (SSSR count). The van der Waals surface area contributed by atoms with Crippen molar-refractivity contribution in [3.8, 4) is 0 Å². The minimum Gasteiger partial charge on any atom is -0.466 e. The highest BCUT2D eigenvalue weighted by atomic mass is 16.5. The Balaban J connectivity index is 2.79. The zero-order valence-electron chi connectivity index (χ0n) is 10.3. The van der Waals surface area contributed by atoms with Gasteiger partial charge in [-0.3, -0.25) is 9.59 Å². The molecule has 0 bridgehead atoms. The molecule has 0 aromatic carbocycles. The van der Waals surface area contributed by atoms with E-state index in [1.54, 1.807) is 6.92 Å². The first-order chi connectivity index (χ1) is 7.51. The molecule has 16 heavy (non-hydrogen) atoms. The summed E-state index contributed by atoms with van der Waals surface area (Å²) in [6.45, 7) is 6.40. The van der Waals surface area contributed by atoms with E-state index in [-0.39, 0.29) is 17.3 Å². The van der Waals surface area contributed by atoms with E-state index >= 15 is 0 Å². The van der Waals surface area contributed by atoms with E-state index in [2.05, 4.69) is 13.8 Å². The molecule has 0 saturated carbocycles. The molecule has 0 unspecified atom stereocenters. The Labute approximate surface area is 96.9 Å². The summed E-state index contributed by atoms with van der Waals surface area (Å²) in [4.78, 5) is 22.5. The Kier molecular flexibility index (Phi) is 4.27. The fourth-order valence-corrected chi connectivity index (χ4v) is 2.29. The van der Waals surface area contributed by atoms with Crippen LogP contribution in [0.4, 0.5) is 0 Å². The van der Waals surface area contributed by atoms with Gasteiger partial charge in [-0.1, -0.05) is 19.9 Å². The van der Waals surface area contributed by atoms with Gasteiger partial charge in [-0.15, -0.1) is 0 Å². The highest BCUT2D eigenvalue weighted by Gasteiger charge is 2.36. The summed E-state index contributed by atoms with van der Waals surface area (Å²) in [7, 11) is 0. The quantitative estimate of drug-likeness (QED) is 0.544. The Hall–Kier alpha value is -1.12. The SMILES string of the molecule is CCOC(=O)C[C@@H]1C(C=O)=CCCC1(C)C. The first kappa shape index (κ1) is 12.9. The van der Waals surface area contributed by atoms with Crippen LogP contribution in [0.3, 0.4) is 0 Å². The lowest BCUT2D eigenvalue weighted by Crippen LogP contribution is -2.31. The van der Waals surface area contributed by atoms with Gasteiger partial charge in [0.25, 0.3) is 0 Å². The molecular weight excluding hydrogens is 204 g/mol. The number of hydrogen-bond acceptors (Lipinski definition) is 3. The van der Waals surface area contributed by atoms with Crippen molar-refractivity contribution in [2.24, 2.45) is 11.3 Å². The standard InChI is InChI=1S/C13H20O3/c1-4-16-12(15)8-11-10(9-14)6-5-7-13(11,2)3/h6,9,11H,4-5,7-8H2,1-3H3/t11-/m1/s1. The summed E-state index contributed by atoms with van der Waals surface area (Å²) >= 11 is 0. The van der Waals surface area contributed by atoms with Crippen molar-refractivity contribution >= 4 is 12.3 Å². The Morgan fingerprint density at radius 2 is 2.31 bits per heavy atom. The monoisotopic (exact) mass is 224 g/mol. The number of esters is 1. The molecule has 0 aromatic rings. The molecule has 0 amide bonds. The molecule has 0 saturated heterocycles. The van der Waals surface area contributed by atoms with E-state index in [1.165, 1.54) is 0 Å². The number of aldehydes is 1. The molecule has 0 radical (unpaired) electrons. The third-order valence-electron chi connectivity index (χ3n) is 3.33. The Morgan fingerprint density at radius 1 is 1.62 bits per heavy atom. The molecule has 90 valence electrons. The molecule has 1 atom stereocenters. The van der Waals surface area contributed by atoms with Gasteiger partial charge in [0.1, 0.15) is 6.29 Å². The lowest BCUT2D eigenvalue weighted by molar-refractivity contribution is -0.145. The predicted octanol–water partition coefficient (Wildman–Crippen LogP) is 2.50. The molecule has 0 aliphatic heterocycles. The topological polar surface area (TPSA) is 43.4 Å². The van der Waals surface area contributed by atoms with Crippen LogP contribution in [0, 0.1) is 11.3 Å². The average Bonchev–Trinajstić information content (AvgIpc) is 2.21. The van der Waals surface area contributed by atoms with Crippen LogP contribution < -0.4 is 0 Å². The lowest BCUT2D eigenvalue weighted by atomic mass is 9.67. The maximum Gasteiger partial charge on any atom is 0.306 e. The van der Waals surface area contributed by atoms with Gasteiger partial charge in [0, 0.05) is 5.92 Å². The molecule has 1 aliphatic rings. The van der Waals surface area contributed by atoms with Crippen LogP contribution in [0.5, 0.6) is 0 Å². The van der Waals surface area contributed by atoms with Crippen molar-refractivity contribution in [2.75, 3.05) is 6.61 Å². The van der Waals surface area contributed by atoms with Crippen LogP contribution in [-0.2, 0) is 14.3 Å². The maximum atomic E-state index is 11.5. The van der Waals surface area contributed by atoms with Crippen LogP contribution in [0.25, 0.3) is 0 Å². The maximum absolute atomic E-state index is 11.5. The molecule has 0 N–H and O–H groups in total. The summed E-state index contributed by atoms with van der Waals surface area (Å²) in [5.41, 5.74) is 0.752. The number of ether oxygens (including phenoxy) is 1. The summed E-state index contributed by atoms with van der Waals surface area (Å²) in [6, 6.07) is 0. The fraction of sp³-hybridized carbons (Fsp3) is 0.692. The van der Waals surface area contributed by atoms with E-state index < -0.39 is 0 Å². The molecule has 1 aliphatic carbocycles. The van der Waals surface area contributed by atoms with E-state index in [0.717, 1.165) is 24.7 Å². The number of hydrogen-bond donors (Lipinski definition) is 0. The number of allylic oxidation sites excluding steroid dienone is 2. The molecule has 0 aromatic heterocycles. The zero-order chi connectivity index (χ0) is 12.2. The molecule has 0 spiro atoms. The van der Waals surface area contributed by atoms with E-state index in [4.69, 9.17) is 4.74 Å². The van der Waals surface area contributed by atoms with Crippen molar-refractivity contribution in [1.29, 1.82) is 0 Å². The van der Waals surface area contributed by atoms with E-state index in [1.807, 2.05) is 6.08 Å². The summed E-state index contributed by atoms with van der Waals surface area (Å²) in [5.74, 6) is -0.215. The Bertz CT molecular complexity index is 302. The van der Waals surface area contributed by atoms with Gasteiger partial charge in [0.15, 0.2) is 0 Å². The van der Waals surface area contributed by atoms with Crippen molar-refractivity contribution in [2.45, 2.75) is 40.0 Å². The molecular formula is C13H20O3. The highest BCUT2D eigenvalue weighted by Crippen LogP contribution is 2.42. The van der Waals surface area contributed by atoms with Gasteiger partial charge < -0.3 is 4.74 Å². The van der Waals surface area contributed by atoms with Crippen LogP contribution >= 0.6 is 0 Å². The second-order valence-electron chi connectivity index (χ2n) is 4.91. The molecule has 3 nitrogen and oxygen atoms in total. The molecule has 0 heterocycles. The minimum atomic E-state index is -0.213. The minimum absolute atomic E-state index is 0.00204. The summed E-state index contributed by atoms with van der Waals surface area (Å²) in [6.07, 6.45) is 5.06. The third kappa shape index (κ3) is 2.94. The summed E-state index contributed by atoms with van der Waals surface area (Å²) in [5, 5.41) is 0. The average molecular weight is 224 g/mol. The summed E-state index contributed by atoms with van der Waals surface area (Å²) < 4.78 is 4.95. The zero-order valence-corrected chi connectivity index (χ0v) is 10.3. The fourth-order valence-electron chi connectivity index (χ4n) is 2.29. The molecule has 3 heteroatoms.